The summed E-state index contributed by atoms with van der Waals surface area (Å²) in [5.74, 6) is 5.46. The Labute approximate surface area is 557 Å². The number of hydrogen-bond acceptors (Lipinski definition) is 21. The van der Waals surface area contributed by atoms with E-state index < -0.39 is 21.8 Å². The second-order valence-electron chi connectivity index (χ2n) is 22.5. The van der Waals surface area contributed by atoms with Crippen LogP contribution in [0.25, 0.3) is 23.1 Å². The Morgan fingerprint density at radius 3 is 1.32 bits per heavy atom. The Kier molecular flexibility index (Phi) is 31.7. The largest absolute Gasteiger partial charge is 0.505 e. The number of nitrogens with one attached hydrogen (secondary N) is 1. The molecule has 0 aliphatic rings. The smallest absolute Gasteiger partial charge is 0.407 e. The van der Waals surface area contributed by atoms with Crippen molar-refractivity contribution in [1.29, 1.82) is 0 Å². The topological polar surface area (TPSA) is 348 Å². The minimum absolute atomic E-state index is 0.00662. The van der Waals surface area contributed by atoms with E-state index >= 15 is 0 Å². The second kappa shape index (κ2) is 39.7. The number of rotatable bonds is 24. The molecule has 10 aromatic rings. The third-order valence-electron chi connectivity index (χ3n) is 13.2. The number of nitrogen functional groups attached to an aromatic ring is 1. The zero-order valence-corrected chi connectivity index (χ0v) is 56.9. The molecule has 0 unspecified atom stereocenters. The normalized spacial score (nSPS) is 11.4. The summed E-state index contributed by atoms with van der Waals surface area (Å²) in [5.41, 5.74) is 15.7. The van der Waals surface area contributed by atoms with Gasteiger partial charge < -0.3 is 45.6 Å². The maximum atomic E-state index is 13.1. The van der Waals surface area contributed by atoms with Gasteiger partial charge in [-0.15, -0.1) is 0 Å². The number of nitrogens with two attached hydrogens (primary N) is 2. The van der Waals surface area contributed by atoms with Crippen molar-refractivity contribution in [2.24, 2.45) is 5.73 Å². The average molecular weight is 1350 g/mol. The first-order chi connectivity index (χ1) is 46.0. The zero-order chi connectivity index (χ0) is 70.0. The van der Waals surface area contributed by atoms with Crippen LogP contribution < -0.4 is 35.7 Å². The Morgan fingerprint density at radius 2 is 0.948 bits per heavy atom. The van der Waals surface area contributed by atoms with Crippen LogP contribution in [0.4, 0.5) is 19.5 Å². The highest BCUT2D eigenvalue weighted by Gasteiger charge is 2.17. The highest BCUT2D eigenvalue weighted by atomic mass is 32.2. The van der Waals surface area contributed by atoms with Crippen LogP contribution in [-0.4, -0.2) is 138 Å². The standard InChI is InChI=1S/C19H27FN4O3.C14H19FN4O.C11H15N3O.C10H13N3O.C7H8O3S.C5H7N3O/c1-5-6-7-15-11-24-12-16(10-21-17(24)23-15)26-13-14(8-20)9-22-18(25)27-19(2,3)4;1-2-3-4-12-8-19-9-13(7-17-14(19)18-12)20-10-11(5-15)6-16;1-3-4-5-9-7-14-8-10(15-2)6-12-11(14)13-9;1-2-3-4-8-6-13-7-9(14)5-11-10(13)12-8;1-6-2-4-7(5-3-6)11(8,9)10;1-9-4-2-7-5(6)8-3-4/h8,10-12H,5-7,9,13H2,1-4H3,(H,22,25);5,7-9H,2-4,6,10,16H2,1H3;6-8H,3-5H2,1-2H3;5-7,14H,2-4H2,1H3;2-5H,1H3,(H,8,9,10);2-3H,1H3,(H2,6,7,8)/b14-8+;11-5+;;;;. The number of carbonyl (C=O) groups is 1. The van der Waals surface area contributed by atoms with E-state index in [2.05, 4.69) is 82.9 Å². The number of nitrogens with zero attached hydrogens (tertiary/aromatic N) is 14. The minimum Gasteiger partial charge on any atom is -0.505 e. The van der Waals surface area contributed by atoms with Crippen LogP contribution in [0.3, 0.4) is 0 Å². The number of anilines is 1. The molecule has 0 radical (unpaired) electrons. The van der Waals surface area contributed by atoms with Gasteiger partial charge in [-0.2, -0.15) is 8.42 Å². The number of carbonyl (C=O) groups excluding carboxylic acids is 1. The van der Waals surface area contributed by atoms with Gasteiger partial charge in [-0.25, -0.2) is 63.4 Å². The van der Waals surface area contributed by atoms with E-state index in [4.69, 9.17) is 39.7 Å². The molecule has 1 amide bonds. The van der Waals surface area contributed by atoms with E-state index in [0.717, 1.165) is 104 Å². The summed E-state index contributed by atoms with van der Waals surface area (Å²) < 4.78 is 88.3. The van der Waals surface area contributed by atoms with Crippen molar-refractivity contribution in [3.63, 3.8) is 0 Å². The van der Waals surface area contributed by atoms with Gasteiger partial charge in [0, 0.05) is 49.0 Å². The first-order valence-electron chi connectivity index (χ1n) is 31.2. The summed E-state index contributed by atoms with van der Waals surface area (Å²) in [6, 6.07) is 5.99. The minimum atomic E-state index is -4.02. The summed E-state index contributed by atoms with van der Waals surface area (Å²) in [7, 11) is -0.832. The number of alkyl carbamates (subject to hydrolysis) is 1. The fraction of sp³-hybridized carbons (Fsp3) is 0.409. The number of aryl methyl sites for hydroxylation is 5. The third kappa shape index (κ3) is 27.2. The number of amides is 1. The van der Waals surface area contributed by atoms with Crippen LogP contribution in [0.1, 0.15) is 128 Å². The molecule has 9 heterocycles. The molecule has 27 nitrogen and oxygen atoms in total. The molecule has 30 heteroatoms. The second-order valence-corrected chi connectivity index (χ2v) is 23.9. The van der Waals surface area contributed by atoms with Crippen molar-refractivity contribution >= 4 is 45.3 Å². The third-order valence-corrected chi connectivity index (χ3v) is 14.1. The molecule has 0 bridgehead atoms. The lowest BCUT2D eigenvalue weighted by molar-refractivity contribution is 0.0531. The lowest BCUT2D eigenvalue weighted by atomic mass is 10.2. The number of benzene rings is 1. The number of halogens is 2. The fourth-order valence-corrected chi connectivity index (χ4v) is 8.57. The lowest BCUT2D eigenvalue weighted by Gasteiger charge is -2.20. The van der Waals surface area contributed by atoms with E-state index in [-0.39, 0.29) is 48.5 Å². The van der Waals surface area contributed by atoms with E-state index in [0.29, 0.717) is 52.8 Å². The number of fused-ring (bicyclic) bond motifs is 4. The van der Waals surface area contributed by atoms with Crippen LogP contribution >= 0.6 is 0 Å². The number of aromatic hydroxyl groups is 1. The van der Waals surface area contributed by atoms with Gasteiger partial charge in [-0.05, 0) is 91.2 Å². The molecule has 0 saturated heterocycles. The molecular formula is C66H89F2N17O10S. The summed E-state index contributed by atoms with van der Waals surface area (Å²) in [6.07, 6.45) is 37.3. The number of unbranched alkanes of at least 4 members (excludes halogenated alkanes) is 4. The maximum absolute atomic E-state index is 13.1. The van der Waals surface area contributed by atoms with Crippen molar-refractivity contribution in [2.45, 2.75) is 143 Å². The molecular weight excluding hydrogens is 1260 g/mol. The average Bonchev–Trinajstić information content (AvgIpc) is 1.71. The highest BCUT2D eigenvalue weighted by Crippen LogP contribution is 2.18. The monoisotopic (exact) mass is 1350 g/mol. The SMILES string of the molecule is CCCCc1cn2cc(O)cnc2n1.CCCCc1cn2cc(OC)cnc2n1.CCCCc1cn2cc(OC/C(=C/F)CN)cnc2n1.CCCCc1cn2cc(OC/C(=C/F)CNC(=O)OC(C)(C)C)cnc2n1.COc1cnc(N)nc1.Cc1ccc(S(=O)(=O)O)cc1. The number of aromatic nitrogens is 14. The van der Waals surface area contributed by atoms with Crippen molar-refractivity contribution in [3.8, 4) is 28.7 Å². The van der Waals surface area contributed by atoms with E-state index in [9.17, 15) is 27.1 Å². The molecule has 96 heavy (non-hydrogen) atoms. The van der Waals surface area contributed by atoms with Gasteiger partial charge in [0.25, 0.3) is 10.1 Å². The van der Waals surface area contributed by atoms with Gasteiger partial charge in [-0.3, -0.25) is 22.2 Å². The first-order valence-corrected chi connectivity index (χ1v) is 32.7. The summed E-state index contributed by atoms with van der Waals surface area (Å²) in [4.78, 5) is 53.3. The number of ether oxygens (including phenoxy) is 5. The molecule has 7 N–H and O–H groups in total. The van der Waals surface area contributed by atoms with Crippen LogP contribution in [-0.2, 0) is 40.5 Å². The molecule has 9 aromatic heterocycles. The predicted molar refractivity (Wildman–Crippen MR) is 361 cm³/mol. The van der Waals surface area contributed by atoms with Gasteiger partial charge in [0.1, 0.15) is 18.8 Å². The number of methoxy groups -OCH3 is 2. The molecule has 0 aliphatic heterocycles. The zero-order valence-electron chi connectivity index (χ0n) is 56.1. The Balaban J connectivity index is 0.000000216. The molecule has 1 aromatic carbocycles. The fourth-order valence-electron chi connectivity index (χ4n) is 8.09. The summed E-state index contributed by atoms with van der Waals surface area (Å²) in [6.45, 7) is 16.0. The maximum Gasteiger partial charge on any atom is 0.407 e. The van der Waals surface area contributed by atoms with Crippen LogP contribution in [0.5, 0.6) is 28.7 Å². The van der Waals surface area contributed by atoms with Gasteiger partial charge in [0.15, 0.2) is 28.7 Å². The molecule has 0 saturated carbocycles. The number of imidazole rings is 4. The number of hydrogen-bond donors (Lipinski definition) is 5. The van der Waals surface area contributed by atoms with Crippen molar-refractivity contribution < 1.29 is 55.3 Å². The van der Waals surface area contributed by atoms with Gasteiger partial charge in [0.2, 0.25) is 29.1 Å². The predicted octanol–water partition coefficient (Wildman–Crippen LogP) is 11.3. The Morgan fingerprint density at radius 1 is 0.573 bits per heavy atom. The lowest BCUT2D eigenvalue weighted by Crippen LogP contribution is -2.34. The van der Waals surface area contributed by atoms with E-state index in [1.807, 2.05) is 46.7 Å². The molecule has 0 aliphatic carbocycles. The van der Waals surface area contributed by atoms with Gasteiger partial charge >= 0.3 is 6.09 Å². The first kappa shape index (κ1) is 76.8. The Hall–Kier alpha value is -9.94. The molecule has 0 fully saturated rings. The molecule has 0 atom stereocenters. The molecule has 10 rings (SSSR count). The highest BCUT2D eigenvalue weighted by molar-refractivity contribution is 7.85. The van der Waals surface area contributed by atoms with Crippen molar-refractivity contribution in [2.75, 3.05) is 46.3 Å². The molecule has 518 valence electrons. The van der Waals surface area contributed by atoms with Gasteiger partial charge in [0.05, 0.1) is 117 Å². The van der Waals surface area contributed by atoms with Gasteiger partial charge in [-0.1, -0.05) is 71.1 Å². The summed E-state index contributed by atoms with van der Waals surface area (Å²) >= 11 is 0. The quantitative estimate of drug-likeness (QED) is 0.0351. The molecule has 0 spiro atoms. The Bertz CT molecular complexity index is 4140. The van der Waals surface area contributed by atoms with Crippen LogP contribution in [0, 0.1) is 6.92 Å². The van der Waals surface area contributed by atoms with Crippen LogP contribution in [0.2, 0.25) is 0 Å². The van der Waals surface area contributed by atoms with E-state index in [1.165, 1.54) is 43.6 Å². The van der Waals surface area contributed by atoms with E-state index in [1.54, 1.807) is 93.1 Å². The van der Waals surface area contributed by atoms with Crippen molar-refractivity contribution in [3.05, 3.63) is 163 Å². The summed E-state index contributed by atoms with van der Waals surface area (Å²) in [5, 5.41) is 11.7. The van der Waals surface area contributed by atoms with Crippen LogP contribution in [0.15, 0.2) is 140 Å². The van der Waals surface area contributed by atoms with Crippen molar-refractivity contribution in [1.82, 2.24) is 72.8 Å².